The first kappa shape index (κ1) is 11.2. The average molecular weight is 259 g/mol. The number of hydrogen-bond acceptors (Lipinski definition) is 6. The van der Waals surface area contributed by atoms with Crippen molar-refractivity contribution in [3.63, 3.8) is 0 Å². The van der Waals surface area contributed by atoms with Gasteiger partial charge >= 0.3 is 5.97 Å². The molecule has 5 atom stereocenters. The number of esters is 1. The van der Waals surface area contributed by atoms with Crippen molar-refractivity contribution >= 4 is 16.1 Å². The van der Waals surface area contributed by atoms with Gasteiger partial charge in [-0.05, 0) is 13.3 Å². The lowest BCUT2D eigenvalue weighted by molar-refractivity contribution is -0.153. The molecule has 3 heterocycles. The van der Waals surface area contributed by atoms with E-state index in [1.54, 1.807) is 6.92 Å². The van der Waals surface area contributed by atoms with E-state index in [2.05, 4.69) is 11.9 Å². The van der Waals surface area contributed by atoms with Gasteiger partial charge in [0.1, 0.15) is 17.0 Å². The monoisotopic (exact) mass is 259 g/mol. The van der Waals surface area contributed by atoms with Gasteiger partial charge in [-0.2, -0.15) is 8.42 Å². The van der Waals surface area contributed by atoms with Crippen LogP contribution in [0.5, 0.6) is 0 Å². The minimum Gasteiger partial charge on any atom is -0.454 e. The van der Waals surface area contributed by atoms with Crippen molar-refractivity contribution in [2.75, 3.05) is 0 Å². The molecular formula is C10H13NO5S. The Morgan fingerprint density at radius 1 is 1.65 bits per heavy atom. The molecule has 0 spiro atoms. The molecule has 0 saturated carbocycles. The van der Waals surface area contributed by atoms with Gasteiger partial charge in [0.05, 0.1) is 6.04 Å². The van der Waals surface area contributed by atoms with Crippen LogP contribution in [0.15, 0.2) is 12.7 Å². The Hall–Kier alpha value is -0.920. The number of carbonyl (C=O) groups is 1. The van der Waals surface area contributed by atoms with Crippen LogP contribution in [0, 0.1) is 0 Å². The van der Waals surface area contributed by atoms with E-state index in [1.165, 1.54) is 0 Å². The molecule has 0 aromatic heterocycles. The maximum Gasteiger partial charge on any atom is 0.330 e. The number of hydrogen-bond donors (Lipinski definition) is 1. The molecule has 1 N–H and O–H groups in total. The smallest absolute Gasteiger partial charge is 0.330 e. The van der Waals surface area contributed by atoms with Crippen LogP contribution in [0.1, 0.15) is 13.3 Å². The van der Waals surface area contributed by atoms with Crippen LogP contribution in [-0.2, 0) is 23.8 Å². The summed E-state index contributed by atoms with van der Waals surface area (Å²) in [5.74, 6) is -0.560. The van der Waals surface area contributed by atoms with E-state index in [0.29, 0.717) is 6.42 Å². The zero-order chi connectivity index (χ0) is 12.4. The van der Waals surface area contributed by atoms with Gasteiger partial charge in [0.25, 0.3) is 10.1 Å². The molecule has 3 aliphatic rings. The molecule has 0 radical (unpaired) electrons. The van der Waals surface area contributed by atoms with Crippen molar-refractivity contribution in [1.29, 1.82) is 0 Å². The van der Waals surface area contributed by atoms with Crippen molar-refractivity contribution in [3.05, 3.63) is 12.7 Å². The Bertz CT molecular complexity index is 501. The first-order valence-corrected chi connectivity index (χ1v) is 6.89. The van der Waals surface area contributed by atoms with E-state index >= 15 is 0 Å². The zero-order valence-corrected chi connectivity index (χ0v) is 10.1. The topological polar surface area (TPSA) is 81.7 Å². The van der Waals surface area contributed by atoms with Gasteiger partial charge in [-0.15, -0.1) is 0 Å². The zero-order valence-electron chi connectivity index (χ0n) is 9.25. The second kappa shape index (κ2) is 3.09. The summed E-state index contributed by atoms with van der Waals surface area (Å²) in [6.45, 7) is 4.99. The van der Waals surface area contributed by atoms with Crippen LogP contribution in [0.2, 0.25) is 0 Å². The summed E-state index contributed by atoms with van der Waals surface area (Å²) >= 11 is 0. The van der Waals surface area contributed by atoms with Crippen molar-refractivity contribution < 1.29 is 22.1 Å². The fourth-order valence-corrected chi connectivity index (χ4v) is 5.13. The van der Waals surface area contributed by atoms with Crippen LogP contribution in [0.3, 0.4) is 0 Å². The SMILES string of the molecule is C=CC(=O)OC1C2CC3C(N2)C1(C)OS3(=O)=O. The van der Waals surface area contributed by atoms with E-state index in [9.17, 15) is 13.2 Å². The van der Waals surface area contributed by atoms with E-state index in [-0.39, 0.29) is 12.1 Å². The van der Waals surface area contributed by atoms with Gasteiger partial charge in [0.15, 0.2) is 0 Å². The number of ether oxygens (including phenoxy) is 1. The van der Waals surface area contributed by atoms with Gasteiger partial charge in [-0.3, -0.25) is 4.18 Å². The summed E-state index contributed by atoms with van der Waals surface area (Å²) in [4.78, 5) is 11.2. The maximum atomic E-state index is 11.8. The first-order valence-electron chi connectivity index (χ1n) is 5.42. The highest BCUT2D eigenvalue weighted by atomic mass is 32.2. The van der Waals surface area contributed by atoms with E-state index in [0.717, 1.165) is 6.08 Å². The highest BCUT2D eigenvalue weighted by molar-refractivity contribution is 7.87. The molecule has 5 unspecified atom stereocenters. The maximum absolute atomic E-state index is 11.8. The molecule has 2 bridgehead atoms. The lowest BCUT2D eigenvalue weighted by atomic mass is 9.83. The summed E-state index contributed by atoms with van der Waals surface area (Å²) in [6, 6.07) is -0.448. The minimum absolute atomic E-state index is 0.156. The van der Waals surface area contributed by atoms with Gasteiger partial charge < -0.3 is 10.1 Å². The van der Waals surface area contributed by atoms with E-state index in [1.807, 2.05) is 0 Å². The lowest BCUT2D eigenvalue weighted by Crippen LogP contribution is -2.50. The summed E-state index contributed by atoms with van der Waals surface area (Å²) in [5.41, 5.74) is -0.981. The molecule has 3 fully saturated rings. The second-order valence-corrected chi connectivity index (χ2v) is 6.60. The first-order chi connectivity index (χ1) is 7.88. The van der Waals surface area contributed by atoms with Gasteiger partial charge in [-0.25, -0.2) is 4.79 Å². The summed E-state index contributed by atoms with van der Waals surface area (Å²) in [7, 11) is -3.54. The number of nitrogens with one attached hydrogen (secondary N) is 1. The number of carbonyl (C=O) groups excluding carboxylic acids is 1. The highest BCUT2D eigenvalue weighted by Gasteiger charge is 2.72. The number of fused-ring (bicyclic) bond motifs is 1. The Morgan fingerprint density at radius 3 is 3.00 bits per heavy atom. The quantitative estimate of drug-likeness (QED) is 0.402. The van der Waals surface area contributed by atoms with Crippen LogP contribution < -0.4 is 5.32 Å². The van der Waals surface area contributed by atoms with E-state index in [4.69, 9.17) is 8.92 Å². The van der Waals surface area contributed by atoms with Crippen molar-refractivity contribution in [2.45, 2.75) is 42.4 Å². The molecule has 94 valence electrons. The van der Waals surface area contributed by atoms with Crippen molar-refractivity contribution in [1.82, 2.24) is 5.32 Å². The minimum atomic E-state index is -3.54. The summed E-state index contributed by atoms with van der Waals surface area (Å²) in [5, 5.41) is 2.63. The molecule has 7 heteroatoms. The van der Waals surface area contributed by atoms with Gasteiger partial charge in [0.2, 0.25) is 0 Å². The lowest BCUT2D eigenvalue weighted by Gasteiger charge is -2.31. The van der Waals surface area contributed by atoms with Crippen molar-refractivity contribution in [3.8, 4) is 0 Å². The predicted molar refractivity (Wildman–Crippen MR) is 57.6 cm³/mol. The molecular weight excluding hydrogens is 246 g/mol. The molecule has 6 nitrogen and oxygen atoms in total. The van der Waals surface area contributed by atoms with Crippen LogP contribution in [-0.4, -0.2) is 43.4 Å². The van der Waals surface area contributed by atoms with Gasteiger partial charge in [-0.1, -0.05) is 6.58 Å². The van der Waals surface area contributed by atoms with Crippen LogP contribution >= 0.6 is 0 Å². The van der Waals surface area contributed by atoms with Crippen LogP contribution in [0.4, 0.5) is 0 Å². The number of rotatable bonds is 2. The summed E-state index contributed by atoms with van der Waals surface area (Å²) < 4.78 is 33.9. The summed E-state index contributed by atoms with van der Waals surface area (Å²) in [6.07, 6.45) is 0.917. The molecule has 0 aliphatic carbocycles. The Morgan fingerprint density at radius 2 is 2.35 bits per heavy atom. The molecule has 0 aromatic rings. The molecule has 3 aliphatic heterocycles. The molecule has 17 heavy (non-hydrogen) atoms. The largest absolute Gasteiger partial charge is 0.454 e. The normalized spacial score (nSPS) is 49.2. The third kappa shape index (κ3) is 1.27. The molecule has 3 saturated heterocycles. The third-order valence-corrected chi connectivity index (χ3v) is 5.67. The van der Waals surface area contributed by atoms with Crippen LogP contribution in [0.25, 0.3) is 0 Å². The highest BCUT2D eigenvalue weighted by Crippen LogP contribution is 2.50. The second-order valence-electron chi connectivity index (χ2n) is 4.85. The Balaban J connectivity index is 1.96. The Labute approximate surface area is 99.1 Å². The Kier molecular flexibility index (Phi) is 2.04. The van der Waals surface area contributed by atoms with Crippen molar-refractivity contribution in [2.24, 2.45) is 0 Å². The van der Waals surface area contributed by atoms with E-state index < -0.39 is 33.0 Å². The standard InChI is InChI=1S/C10H13NO5S/c1-3-7(12)15-9-5-4-6-8(11-5)10(9,2)16-17(6,13)14/h3,5-6,8-9,11H,1,4H2,2H3. The predicted octanol–water partition coefficient (Wildman–Crippen LogP) is -0.684. The molecule has 3 rings (SSSR count). The average Bonchev–Trinajstić information content (AvgIpc) is 2.80. The fraction of sp³-hybridized carbons (Fsp3) is 0.700. The van der Waals surface area contributed by atoms with Gasteiger partial charge in [0, 0.05) is 12.1 Å². The molecule has 0 amide bonds. The third-order valence-electron chi connectivity index (χ3n) is 3.88. The molecule has 0 aromatic carbocycles. The fourth-order valence-electron chi connectivity index (χ4n) is 3.18.